The zero-order chi connectivity index (χ0) is 24.3. The van der Waals surface area contributed by atoms with E-state index in [0.717, 1.165) is 0 Å². The van der Waals surface area contributed by atoms with Crippen LogP contribution in [0.25, 0.3) is 11.0 Å². The number of halogens is 2. The number of nitrogens with zero attached hydrogens (tertiary/aromatic N) is 5. The van der Waals surface area contributed by atoms with Crippen LogP contribution in [0.4, 0.5) is 14.5 Å². The lowest BCUT2D eigenvalue weighted by Gasteiger charge is -2.38. The van der Waals surface area contributed by atoms with Crippen molar-refractivity contribution in [1.29, 1.82) is 5.26 Å². The number of hydrogen-bond donors (Lipinski definition) is 1. The molecule has 1 aromatic carbocycles. The maximum Gasteiger partial charge on any atom is 0.289 e. The van der Waals surface area contributed by atoms with Gasteiger partial charge in [-0.25, -0.2) is 9.37 Å². The van der Waals surface area contributed by atoms with Crippen LogP contribution in [0.1, 0.15) is 32.0 Å². The molecule has 3 aromatic rings. The molecule has 7 nitrogen and oxygen atoms in total. The van der Waals surface area contributed by atoms with Gasteiger partial charge in [0.25, 0.3) is 5.56 Å². The van der Waals surface area contributed by atoms with Gasteiger partial charge in [-0.1, -0.05) is 19.1 Å². The van der Waals surface area contributed by atoms with Crippen molar-refractivity contribution in [2.24, 2.45) is 0 Å². The SMILES string of the molecule is CCN(CCN(C)c1c(F)c(=O)n(CC)c2ccc(C#N)nc12)C(C)(O)c1ccc(F)cc1. The van der Waals surface area contributed by atoms with Crippen molar-refractivity contribution in [2.45, 2.75) is 33.0 Å². The summed E-state index contributed by atoms with van der Waals surface area (Å²) >= 11 is 0. The summed E-state index contributed by atoms with van der Waals surface area (Å²) < 4.78 is 29.8. The molecule has 0 fully saturated rings. The fourth-order valence-corrected chi connectivity index (χ4v) is 4.02. The summed E-state index contributed by atoms with van der Waals surface area (Å²) in [5, 5.41) is 20.4. The summed E-state index contributed by atoms with van der Waals surface area (Å²) in [5.74, 6) is -1.34. The molecule has 2 heterocycles. The fraction of sp³-hybridized carbons (Fsp3) is 0.375. The molecule has 0 aliphatic rings. The highest BCUT2D eigenvalue weighted by atomic mass is 19.1. The van der Waals surface area contributed by atoms with Crippen LogP contribution in [0.3, 0.4) is 0 Å². The number of pyridine rings is 2. The minimum Gasteiger partial charge on any atom is -0.372 e. The van der Waals surface area contributed by atoms with Crippen LogP contribution in [-0.4, -0.2) is 46.2 Å². The van der Waals surface area contributed by atoms with Gasteiger partial charge in [-0.05, 0) is 50.2 Å². The van der Waals surface area contributed by atoms with E-state index in [1.54, 1.807) is 36.8 Å². The Kier molecular flexibility index (Phi) is 7.10. The predicted molar refractivity (Wildman–Crippen MR) is 123 cm³/mol. The van der Waals surface area contributed by atoms with Crippen molar-refractivity contribution in [3.05, 3.63) is 69.6 Å². The van der Waals surface area contributed by atoms with Crippen LogP contribution in [0.2, 0.25) is 0 Å². The van der Waals surface area contributed by atoms with Gasteiger partial charge in [0, 0.05) is 26.7 Å². The van der Waals surface area contributed by atoms with E-state index in [-0.39, 0.29) is 30.0 Å². The number of fused-ring (bicyclic) bond motifs is 1. The van der Waals surface area contributed by atoms with E-state index in [4.69, 9.17) is 0 Å². The number of hydrogen-bond acceptors (Lipinski definition) is 6. The topological polar surface area (TPSA) is 85.4 Å². The minimum absolute atomic E-state index is 0.00859. The molecule has 0 radical (unpaired) electrons. The number of aryl methyl sites for hydroxylation is 1. The summed E-state index contributed by atoms with van der Waals surface area (Å²) in [4.78, 5) is 20.3. The van der Waals surface area contributed by atoms with Crippen molar-refractivity contribution < 1.29 is 13.9 Å². The van der Waals surface area contributed by atoms with Gasteiger partial charge in [-0.2, -0.15) is 9.65 Å². The third kappa shape index (κ3) is 4.58. The van der Waals surface area contributed by atoms with Gasteiger partial charge in [0.05, 0.1) is 5.52 Å². The monoisotopic (exact) mass is 455 g/mol. The second kappa shape index (κ2) is 9.65. The molecule has 1 unspecified atom stereocenters. The highest BCUT2D eigenvalue weighted by Crippen LogP contribution is 2.28. The molecular weight excluding hydrogens is 428 g/mol. The van der Waals surface area contributed by atoms with Crippen LogP contribution >= 0.6 is 0 Å². The number of rotatable bonds is 8. The Bertz CT molecular complexity index is 1250. The maximum absolute atomic E-state index is 15.2. The van der Waals surface area contributed by atoms with Crippen molar-refractivity contribution in [2.75, 3.05) is 31.6 Å². The van der Waals surface area contributed by atoms with Gasteiger partial charge in [-0.3, -0.25) is 9.69 Å². The Balaban J connectivity index is 1.97. The van der Waals surface area contributed by atoms with Crippen molar-refractivity contribution in [3.8, 4) is 6.07 Å². The molecule has 1 N–H and O–H groups in total. The number of nitriles is 1. The molecule has 0 aliphatic carbocycles. The van der Waals surface area contributed by atoms with E-state index >= 15 is 4.39 Å². The molecule has 3 rings (SSSR count). The average molecular weight is 456 g/mol. The minimum atomic E-state index is -1.39. The van der Waals surface area contributed by atoms with Crippen LogP contribution < -0.4 is 10.5 Å². The highest BCUT2D eigenvalue weighted by molar-refractivity contribution is 5.89. The number of anilines is 1. The first kappa shape index (κ1) is 24.3. The normalized spacial score (nSPS) is 13.2. The quantitative estimate of drug-likeness (QED) is 0.525. The van der Waals surface area contributed by atoms with E-state index in [1.807, 2.05) is 13.0 Å². The molecular formula is C24H27F2N5O2. The Hall–Kier alpha value is -3.35. The molecule has 0 saturated heterocycles. The van der Waals surface area contributed by atoms with Gasteiger partial charge in [-0.15, -0.1) is 0 Å². The van der Waals surface area contributed by atoms with Gasteiger partial charge < -0.3 is 14.6 Å². The zero-order valence-corrected chi connectivity index (χ0v) is 19.1. The number of aliphatic hydroxyl groups is 1. The van der Waals surface area contributed by atoms with Gasteiger partial charge in [0.1, 0.15) is 34.5 Å². The van der Waals surface area contributed by atoms with E-state index in [0.29, 0.717) is 24.2 Å². The molecule has 0 amide bonds. The standard InChI is InChI=1S/C24H27F2N5O2/c1-5-30(24(3,33)16-7-9-17(25)10-8-16)14-13-29(4)22-20(26)23(32)31(6-2)19-12-11-18(15-27)28-21(19)22/h7-12,33H,5-6,13-14H2,1-4H3. The van der Waals surface area contributed by atoms with Crippen LogP contribution in [0.5, 0.6) is 0 Å². The molecule has 0 spiro atoms. The van der Waals surface area contributed by atoms with Crippen molar-refractivity contribution in [1.82, 2.24) is 14.5 Å². The number of likely N-dealkylation sites (N-methyl/N-ethyl adjacent to an activating group) is 2. The average Bonchev–Trinajstić information content (AvgIpc) is 2.80. The first-order valence-corrected chi connectivity index (χ1v) is 10.7. The summed E-state index contributed by atoms with van der Waals surface area (Å²) in [5.41, 5.74) is -0.831. The molecule has 2 aromatic heterocycles. The Morgan fingerprint density at radius 2 is 1.82 bits per heavy atom. The Morgan fingerprint density at radius 1 is 1.15 bits per heavy atom. The van der Waals surface area contributed by atoms with Gasteiger partial charge >= 0.3 is 0 Å². The molecule has 0 saturated carbocycles. The lowest BCUT2D eigenvalue weighted by molar-refractivity contribution is -0.0968. The molecule has 174 valence electrons. The first-order chi connectivity index (χ1) is 15.6. The molecule has 9 heteroatoms. The summed E-state index contributed by atoms with van der Waals surface area (Å²) in [6, 6.07) is 10.7. The molecule has 0 bridgehead atoms. The van der Waals surface area contributed by atoms with Crippen molar-refractivity contribution in [3.63, 3.8) is 0 Å². The van der Waals surface area contributed by atoms with E-state index in [2.05, 4.69) is 4.98 Å². The van der Waals surface area contributed by atoms with Gasteiger partial charge in [0.15, 0.2) is 0 Å². The highest BCUT2D eigenvalue weighted by Gasteiger charge is 2.30. The molecule has 33 heavy (non-hydrogen) atoms. The Labute approximate surface area is 191 Å². The molecule has 0 aliphatic heterocycles. The lowest BCUT2D eigenvalue weighted by Crippen LogP contribution is -2.47. The summed E-state index contributed by atoms with van der Waals surface area (Å²) in [6.07, 6.45) is 0. The summed E-state index contributed by atoms with van der Waals surface area (Å²) in [6.45, 7) is 6.51. The second-order valence-corrected chi connectivity index (χ2v) is 7.92. The van der Waals surface area contributed by atoms with Crippen molar-refractivity contribution >= 4 is 16.7 Å². The van der Waals surface area contributed by atoms with E-state index < -0.39 is 22.9 Å². The smallest absolute Gasteiger partial charge is 0.289 e. The number of benzene rings is 1. The Morgan fingerprint density at radius 3 is 2.39 bits per heavy atom. The second-order valence-electron chi connectivity index (χ2n) is 7.92. The zero-order valence-electron chi connectivity index (χ0n) is 19.1. The van der Waals surface area contributed by atoms with Gasteiger partial charge in [0.2, 0.25) is 5.82 Å². The van der Waals surface area contributed by atoms with Crippen LogP contribution in [-0.2, 0) is 12.3 Å². The lowest BCUT2D eigenvalue weighted by atomic mass is 10.0. The molecule has 1 atom stereocenters. The predicted octanol–water partition coefficient (Wildman–Crippen LogP) is 3.19. The van der Waals surface area contributed by atoms with E-state index in [1.165, 1.54) is 34.9 Å². The van der Waals surface area contributed by atoms with E-state index in [9.17, 15) is 19.6 Å². The summed E-state index contributed by atoms with van der Waals surface area (Å²) in [7, 11) is 1.63. The number of aromatic nitrogens is 2. The first-order valence-electron chi connectivity index (χ1n) is 10.7. The maximum atomic E-state index is 15.2. The third-order valence-electron chi connectivity index (χ3n) is 5.94. The fourth-order valence-electron chi connectivity index (χ4n) is 4.02. The van der Waals surface area contributed by atoms with Crippen LogP contribution in [0.15, 0.2) is 41.2 Å². The third-order valence-corrected chi connectivity index (χ3v) is 5.94. The van der Waals surface area contributed by atoms with Crippen LogP contribution in [0, 0.1) is 23.0 Å². The largest absolute Gasteiger partial charge is 0.372 e.